The number of para-hydroxylation sites is 1. The highest BCUT2D eigenvalue weighted by Gasteiger charge is 2.29. The van der Waals surface area contributed by atoms with E-state index < -0.39 is 28.3 Å². The molecule has 33 heavy (non-hydrogen) atoms. The van der Waals surface area contributed by atoms with Gasteiger partial charge in [-0.3, -0.25) is 9.10 Å². The molecule has 0 spiro atoms. The van der Waals surface area contributed by atoms with Crippen molar-refractivity contribution in [2.45, 2.75) is 31.1 Å². The molecule has 7 nitrogen and oxygen atoms in total. The highest BCUT2D eigenvalue weighted by Crippen LogP contribution is 2.27. The first-order valence-electron chi connectivity index (χ1n) is 11.2. The molecule has 0 atom stereocenters. The lowest BCUT2D eigenvalue weighted by atomic mass is 9.99. The largest absolute Gasteiger partial charge is 0.497 e. The van der Waals surface area contributed by atoms with Crippen LogP contribution in [0.25, 0.3) is 0 Å². The van der Waals surface area contributed by atoms with Crippen LogP contribution >= 0.6 is 0 Å². The molecule has 0 aliphatic carbocycles. The number of nitrogens with one attached hydrogen (secondary N) is 1. The first kappa shape index (κ1) is 25.0. The van der Waals surface area contributed by atoms with Gasteiger partial charge in [0.15, 0.2) is 0 Å². The fraction of sp³-hybridized carbons (Fsp3) is 0.458. The summed E-state index contributed by atoms with van der Waals surface area (Å²) in [5.74, 6) is 0.0505. The van der Waals surface area contributed by atoms with Gasteiger partial charge >= 0.3 is 0 Å². The summed E-state index contributed by atoms with van der Waals surface area (Å²) >= 11 is 0. The van der Waals surface area contributed by atoms with Crippen molar-refractivity contribution < 1.29 is 22.3 Å². The minimum Gasteiger partial charge on any atom is -0.497 e. The molecule has 0 aromatic heterocycles. The number of hydrogen-bond acceptors (Lipinski definition) is 5. The number of carbonyl (C=O) groups is 1. The fourth-order valence-corrected chi connectivity index (χ4v) is 5.26. The molecule has 1 aliphatic rings. The second kappa shape index (κ2) is 11.5. The Morgan fingerprint density at radius 3 is 2.45 bits per heavy atom. The van der Waals surface area contributed by atoms with E-state index in [-0.39, 0.29) is 10.6 Å². The maximum atomic E-state index is 14.5. The zero-order valence-corrected chi connectivity index (χ0v) is 20.0. The zero-order valence-electron chi connectivity index (χ0n) is 19.2. The van der Waals surface area contributed by atoms with E-state index >= 15 is 0 Å². The lowest BCUT2D eigenvalue weighted by Crippen LogP contribution is -2.42. The Labute approximate surface area is 195 Å². The third kappa shape index (κ3) is 6.68. The third-order valence-electron chi connectivity index (χ3n) is 5.91. The molecule has 180 valence electrons. The number of hydrogen-bond donors (Lipinski definition) is 1. The number of benzene rings is 2. The summed E-state index contributed by atoms with van der Waals surface area (Å²) in [5, 5.41) is 2.78. The Morgan fingerprint density at radius 1 is 1.15 bits per heavy atom. The van der Waals surface area contributed by atoms with Crippen molar-refractivity contribution in [2.75, 3.05) is 44.1 Å². The van der Waals surface area contributed by atoms with Crippen LogP contribution in [0.3, 0.4) is 0 Å². The van der Waals surface area contributed by atoms with Crippen molar-refractivity contribution in [3.05, 3.63) is 54.3 Å². The molecule has 2 aromatic rings. The van der Waals surface area contributed by atoms with Crippen LogP contribution in [0.4, 0.5) is 10.1 Å². The number of ether oxygens (including phenoxy) is 1. The number of likely N-dealkylation sites (tertiary alicyclic amines) is 1. The molecule has 1 fully saturated rings. The van der Waals surface area contributed by atoms with Crippen LogP contribution in [0.1, 0.15) is 26.2 Å². The van der Waals surface area contributed by atoms with Gasteiger partial charge in [-0.15, -0.1) is 0 Å². The lowest BCUT2D eigenvalue weighted by molar-refractivity contribution is -0.119. The van der Waals surface area contributed by atoms with Gasteiger partial charge in [0.2, 0.25) is 5.91 Å². The van der Waals surface area contributed by atoms with Crippen molar-refractivity contribution in [1.82, 2.24) is 10.2 Å². The number of piperidine rings is 1. The Hall–Kier alpha value is -2.65. The monoisotopic (exact) mass is 477 g/mol. The number of anilines is 1. The number of methoxy groups -OCH3 is 1. The number of rotatable bonds is 10. The maximum Gasteiger partial charge on any atom is 0.264 e. The Bertz CT molecular complexity index is 1020. The summed E-state index contributed by atoms with van der Waals surface area (Å²) in [6.07, 6.45) is 3.14. The van der Waals surface area contributed by atoms with Gasteiger partial charge in [-0.25, -0.2) is 12.8 Å². The predicted molar refractivity (Wildman–Crippen MR) is 126 cm³/mol. The first-order valence-corrected chi connectivity index (χ1v) is 12.7. The van der Waals surface area contributed by atoms with E-state index in [0.717, 1.165) is 36.3 Å². The van der Waals surface area contributed by atoms with Crippen LogP contribution < -0.4 is 14.4 Å². The van der Waals surface area contributed by atoms with E-state index in [1.807, 2.05) is 0 Å². The van der Waals surface area contributed by atoms with Gasteiger partial charge in [0, 0.05) is 6.54 Å². The Morgan fingerprint density at radius 2 is 1.82 bits per heavy atom. The van der Waals surface area contributed by atoms with Gasteiger partial charge in [-0.05, 0) is 81.2 Å². The quantitative estimate of drug-likeness (QED) is 0.532. The average Bonchev–Trinajstić information content (AvgIpc) is 2.82. The molecule has 1 heterocycles. The number of sulfonamides is 1. The Kier molecular flexibility index (Phi) is 8.68. The second-order valence-corrected chi connectivity index (χ2v) is 10.2. The van der Waals surface area contributed by atoms with E-state index in [9.17, 15) is 17.6 Å². The molecular weight excluding hydrogens is 445 g/mol. The van der Waals surface area contributed by atoms with Gasteiger partial charge in [-0.2, -0.15) is 0 Å². The van der Waals surface area contributed by atoms with Crippen molar-refractivity contribution >= 4 is 21.6 Å². The molecule has 0 saturated carbocycles. The maximum absolute atomic E-state index is 14.5. The van der Waals surface area contributed by atoms with Gasteiger partial charge in [0.05, 0.1) is 17.7 Å². The summed E-state index contributed by atoms with van der Waals surface area (Å²) in [5.41, 5.74) is -0.175. The van der Waals surface area contributed by atoms with Gasteiger partial charge < -0.3 is 15.0 Å². The molecule has 9 heteroatoms. The van der Waals surface area contributed by atoms with Gasteiger partial charge in [-0.1, -0.05) is 19.1 Å². The van der Waals surface area contributed by atoms with Crippen LogP contribution in [0.2, 0.25) is 0 Å². The van der Waals surface area contributed by atoms with Gasteiger partial charge in [0.25, 0.3) is 10.0 Å². The molecule has 3 rings (SSSR count). The Balaban J connectivity index is 1.67. The highest BCUT2D eigenvalue weighted by atomic mass is 32.2. The third-order valence-corrected chi connectivity index (χ3v) is 7.68. The molecule has 2 aromatic carbocycles. The van der Waals surface area contributed by atoms with Gasteiger partial charge in [0.1, 0.15) is 18.1 Å². The van der Waals surface area contributed by atoms with E-state index in [1.54, 1.807) is 0 Å². The molecule has 0 radical (unpaired) electrons. The van der Waals surface area contributed by atoms with E-state index in [2.05, 4.69) is 17.1 Å². The average molecular weight is 478 g/mol. The summed E-state index contributed by atoms with van der Waals surface area (Å²) in [4.78, 5) is 15.0. The summed E-state index contributed by atoms with van der Waals surface area (Å²) in [6, 6.07) is 11.3. The van der Waals surface area contributed by atoms with Crippen molar-refractivity contribution in [3.63, 3.8) is 0 Å². The smallest absolute Gasteiger partial charge is 0.264 e. The highest BCUT2D eigenvalue weighted by molar-refractivity contribution is 7.92. The predicted octanol–water partition coefficient (Wildman–Crippen LogP) is 3.27. The molecule has 1 N–H and O–H groups in total. The zero-order chi connectivity index (χ0) is 23.8. The fourth-order valence-electron chi connectivity index (χ4n) is 3.83. The molecule has 1 saturated heterocycles. The van der Waals surface area contributed by atoms with Crippen LogP contribution in [0.15, 0.2) is 53.4 Å². The molecule has 1 amide bonds. The summed E-state index contributed by atoms with van der Waals surface area (Å²) in [6.45, 7) is 5.19. The molecular formula is C24H32FN3O4S. The van der Waals surface area contributed by atoms with Crippen LogP contribution in [0, 0.1) is 11.7 Å². The SMILES string of the molecule is COc1ccc(S(=O)(=O)N(CC(=O)NCCCN2CCC(C)CC2)c2ccccc2F)cc1. The lowest BCUT2D eigenvalue weighted by Gasteiger charge is -2.30. The van der Waals surface area contributed by atoms with E-state index in [0.29, 0.717) is 12.3 Å². The number of carbonyl (C=O) groups excluding carboxylic acids is 1. The summed E-state index contributed by atoms with van der Waals surface area (Å²) in [7, 11) is -2.70. The van der Waals surface area contributed by atoms with E-state index in [4.69, 9.17) is 4.74 Å². The topological polar surface area (TPSA) is 79.0 Å². The number of amides is 1. The van der Waals surface area contributed by atoms with Crippen LogP contribution in [-0.4, -0.2) is 59.1 Å². The molecule has 0 unspecified atom stereocenters. The number of halogens is 1. The van der Waals surface area contributed by atoms with Crippen molar-refractivity contribution in [1.29, 1.82) is 0 Å². The molecule has 1 aliphatic heterocycles. The second-order valence-electron chi connectivity index (χ2n) is 8.37. The standard InChI is InChI=1S/C24H32FN3O4S/c1-19-12-16-27(17-13-19)15-5-14-26-24(29)18-28(23-7-4-3-6-22(23)25)33(30,31)21-10-8-20(32-2)9-11-21/h3-4,6-11,19H,5,12-18H2,1-2H3,(H,26,29). The van der Waals surface area contributed by atoms with Crippen LogP contribution in [0.5, 0.6) is 5.75 Å². The molecule has 0 bridgehead atoms. The minimum atomic E-state index is -4.18. The number of nitrogens with zero attached hydrogens (tertiary/aromatic N) is 2. The van der Waals surface area contributed by atoms with Crippen LogP contribution in [-0.2, 0) is 14.8 Å². The summed E-state index contributed by atoms with van der Waals surface area (Å²) < 4.78 is 47.1. The first-order chi connectivity index (χ1) is 15.8. The van der Waals surface area contributed by atoms with Crippen molar-refractivity contribution in [3.8, 4) is 5.75 Å². The normalized spacial score (nSPS) is 15.2. The van der Waals surface area contributed by atoms with E-state index in [1.165, 1.54) is 68.5 Å². The van der Waals surface area contributed by atoms with Crippen molar-refractivity contribution in [2.24, 2.45) is 5.92 Å². The minimum absolute atomic E-state index is 0.0568.